The van der Waals surface area contributed by atoms with Crippen molar-refractivity contribution in [3.63, 3.8) is 0 Å². The first kappa shape index (κ1) is 19.0. The van der Waals surface area contributed by atoms with Crippen molar-refractivity contribution in [3.05, 3.63) is 89.0 Å². The lowest BCUT2D eigenvalue weighted by Crippen LogP contribution is -2.27. The minimum atomic E-state index is -0.168. The van der Waals surface area contributed by atoms with Gasteiger partial charge in [-0.05, 0) is 61.4 Å². The number of nitrogens with zero attached hydrogens (tertiary/aromatic N) is 3. The summed E-state index contributed by atoms with van der Waals surface area (Å²) in [4.78, 5) is 26.1. The smallest absolute Gasteiger partial charge is 0.252 e. The third-order valence-corrected chi connectivity index (χ3v) is 5.35. The zero-order chi connectivity index (χ0) is 20.4. The molecule has 4 aromatic rings. The average Bonchev–Trinajstić information content (AvgIpc) is 2.77. The predicted molar refractivity (Wildman–Crippen MR) is 115 cm³/mol. The third kappa shape index (κ3) is 3.82. The van der Waals surface area contributed by atoms with Crippen LogP contribution in [0.3, 0.4) is 0 Å². The molecule has 3 heterocycles. The summed E-state index contributed by atoms with van der Waals surface area (Å²) in [5.74, 6) is -0.168. The van der Waals surface area contributed by atoms with E-state index in [2.05, 4.69) is 15.3 Å². The highest BCUT2D eigenvalue weighted by Gasteiger charge is 2.18. The fourth-order valence-electron chi connectivity index (χ4n) is 3.27. The highest BCUT2D eigenvalue weighted by Crippen LogP contribution is 2.30. The van der Waals surface area contributed by atoms with Gasteiger partial charge in [0.1, 0.15) is 0 Å². The van der Waals surface area contributed by atoms with Crippen LogP contribution < -0.4 is 5.32 Å². The highest BCUT2D eigenvalue weighted by atomic mass is 35.5. The molecule has 0 spiro atoms. The van der Waals surface area contributed by atoms with Crippen LogP contribution in [0.4, 0.5) is 0 Å². The predicted octanol–water partition coefficient (Wildman–Crippen LogP) is 5.14. The van der Waals surface area contributed by atoms with Crippen molar-refractivity contribution < 1.29 is 4.79 Å². The van der Waals surface area contributed by atoms with Gasteiger partial charge in [0.15, 0.2) is 0 Å². The number of carbonyl (C=O) groups excluding carboxylic acids is 1. The quantitative estimate of drug-likeness (QED) is 0.513. The van der Waals surface area contributed by atoms with Crippen molar-refractivity contribution in [1.29, 1.82) is 0 Å². The van der Waals surface area contributed by atoms with Crippen molar-refractivity contribution in [2.75, 3.05) is 0 Å². The van der Waals surface area contributed by atoms with E-state index in [9.17, 15) is 4.79 Å². The maximum absolute atomic E-state index is 13.2. The lowest BCUT2D eigenvalue weighted by Gasteiger charge is -2.16. The van der Waals surface area contributed by atoms with Crippen LogP contribution >= 0.6 is 11.6 Å². The number of carbonyl (C=O) groups is 1. The molecule has 0 unspecified atom stereocenters. The van der Waals surface area contributed by atoms with Crippen molar-refractivity contribution in [2.45, 2.75) is 19.9 Å². The molecule has 0 aliphatic rings. The summed E-state index contributed by atoms with van der Waals surface area (Å²) in [6.45, 7) is 3.86. The van der Waals surface area contributed by atoms with Crippen LogP contribution in [0.5, 0.6) is 0 Å². The number of amides is 1. The summed E-state index contributed by atoms with van der Waals surface area (Å²) in [5, 5.41) is 4.46. The van der Waals surface area contributed by atoms with Gasteiger partial charge in [-0.25, -0.2) is 4.98 Å². The summed E-state index contributed by atoms with van der Waals surface area (Å²) in [6.07, 6.45) is 6.84. The zero-order valence-corrected chi connectivity index (χ0v) is 16.8. The number of nitrogens with one attached hydrogen (secondary N) is 1. The first-order chi connectivity index (χ1) is 14.0. The summed E-state index contributed by atoms with van der Waals surface area (Å²) in [5.41, 5.74) is 4.69. The molecule has 0 fully saturated rings. The number of benzene rings is 1. The second kappa shape index (κ2) is 7.97. The number of hydrogen-bond acceptors (Lipinski definition) is 4. The summed E-state index contributed by atoms with van der Waals surface area (Å²) in [6, 6.07) is 12.8. The molecule has 0 bridgehead atoms. The van der Waals surface area contributed by atoms with Crippen molar-refractivity contribution >= 4 is 28.4 Å². The maximum atomic E-state index is 13.2. The molecular weight excluding hydrogens is 384 g/mol. The van der Waals surface area contributed by atoms with E-state index in [0.29, 0.717) is 21.8 Å². The molecule has 1 N–H and O–H groups in total. The van der Waals surface area contributed by atoms with Gasteiger partial charge >= 0.3 is 0 Å². The van der Waals surface area contributed by atoms with Crippen molar-refractivity contribution in [2.24, 2.45) is 0 Å². The second-order valence-electron chi connectivity index (χ2n) is 6.84. The van der Waals surface area contributed by atoms with E-state index in [-0.39, 0.29) is 11.9 Å². The van der Waals surface area contributed by atoms with Crippen molar-refractivity contribution in [1.82, 2.24) is 20.3 Å². The normalized spacial score (nSPS) is 12.0. The van der Waals surface area contributed by atoms with E-state index < -0.39 is 0 Å². The number of hydrogen-bond donors (Lipinski definition) is 1. The van der Waals surface area contributed by atoms with Gasteiger partial charge in [-0.1, -0.05) is 17.7 Å². The molecule has 0 radical (unpaired) electrons. The average molecular weight is 403 g/mol. The van der Waals surface area contributed by atoms with Crippen molar-refractivity contribution in [3.8, 4) is 11.3 Å². The minimum Gasteiger partial charge on any atom is -0.345 e. The van der Waals surface area contributed by atoms with E-state index in [4.69, 9.17) is 16.6 Å². The van der Waals surface area contributed by atoms with Crippen LogP contribution in [0.25, 0.3) is 22.2 Å². The van der Waals surface area contributed by atoms with Gasteiger partial charge in [-0.2, -0.15) is 0 Å². The Morgan fingerprint density at radius 1 is 1.00 bits per heavy atom. The number of rotatable bonds is 4. The molecule has 1 atom stereocenters. The lowest BCUT2D eigenvalue weighted by molar-refractivity contribution is 0.0941. The van der Waals surface area contributed by atoms with Crippen LogP contribution in [0.1, 0.15) is 34.5 Å². The molecule has 6 heteroatoms. The Labute approximate surface area is 173 Å². The SMILES string of the molecule is Cc1c(Cl)ccc2c(C(=O)N[C@H](C)c3ccncc3)cc(-c3ccncc3)nc12. The second-order valence-corrected chi connectivity index (χ2v) is 7.24. The van der Waals surface area contributed by atoms with E-state index >= 15 is 0 Å². The highest BCUT2D eigenvalue weighted by molar-refractivity contribution is 6.32. The zero-order valence-electron chi connectivity index (χ0n) is 16.1. The number of pyridine rings is 3. The van der Waals surface area contributed by atoms with Gasteiger partial charge in [0.2, 0.25) is 0 Å². The number of aryl methyl sites for hydroxylation is 1. The topological polar surface area (TPSA) is 67.8 Å². The Morgan fingerprint density at radius 2 is 1.66 bits per heavy atom. The van der Waals surface area contributed by atoms with Gasteiger partial charge in [-0.15, -0.1) is 0 Å². The third-order valence-electron chi connectivity index (χ3n) is 4.94. The molecule has 3 aromatic heterocycles. The number of fused-ring (bicyclic) bond motifs is 1. The molecular formula is C23H19ClN4O. The largest absolute Gasteiger partial charge is 0.345 e. The van der Waals surface area contributed by atoms with Gasteiger partial charge in [0.05, 0.1) is 22.8 Å². The minimum absolute atomic E-state index is 0.161. The summed E-state index contributed by atoms with van der Waals surface area (Å²) >= 11 is 6.33. The van der Waals surface area contributed by atoms with E-state index in [0.717, 1.165) is 22.1 Å². The fourth-order valence-corrected chi connectivity index (χ4v) is 3.42. The van der Waals surface area contributed by atoms with Crippen LogP contribution in [0, 0.1) is 6.92 Å². The Balaban J connectivity index is 1.82. The molecule has 0 aliphatic heterocycles. The molecule has 144 valence electrons. The molecule has 29 heavy (non-hydrogen) atoms. The Kier molecular flexibility index (Phi) is 5.23. The van der Waals surface area contributed by atoms with E-state index in [1.165, 1.54) is 0 Å². The van der Waals surface area contributed by atoms with Crippen LogP contribution in [0.2, 0.25) is 5.02 Å². The summed E-state index contributed by atoms with van der Waals surface area (Å²) < 4.78 is 0. The van der Waals surface area contributed by atoms with Gasteiger partial charge in [0.25, 0.3) is 5.91 Å². The molecule has 4 rings (SSSR count). The number of halogens is 1. The number of aromatic nitrogens is 3. The lowest BCUT2D eigenvalue weighted by atomic mass is 10.0. The standard InChI is InChI=1S/C23H19ClN4O/c1-14-20(24)4-3-18-19(23(29)27-15(2)16-5-9-25-10-6-16)13-21(28-22(14)18)17-7-11-26-12-8-17/h3-13,15H,1-2H3,(H,27,29)/t15-/m1/s1. The van der Waals surface area contributed by atoms with E-state index in [1.54, 1.807) is 30.9 Å². The van der Waals surface area contributed by atoms with Gasteiger partial charge in [-0.3, -0.25) is 14.8 Å². The molecule has 0 saturated heterocycles. The van der Waals surface area contributed by atoms with Gasteiger partial charge in [0, 0.05) is 40.8 Å². The molecule has 1 aromatic carbocycles. The van der Waals surface area contributed by atoms with Crippen LogP contribution in [-0.2, 0) is 0 Å². The molecule has 1 amide bonds. The monoisotopic (exact) mass is 402 g/mol. The fraction of sp³-hybridized carbons (Fsp3) is 0.130. The summed E-state index contributed by atoms with van der Waals surface area (Å²) in [7, 11) is 0. The maximum Gasteiger partial charge on any atom is 0.252 e. The first-order valence-corrected chi connectivity index (χ1v) is 9.63. The Hall–Kier alpha value is -3.31. The van der Waals surface area contributed by atoms with Gasteiger partial charge < -0.3 is 5.32 Å². The first-order valence-electron chi connectivity index (χ1n) is 9.25. The van der Waals surface area contributed by atoms with Crippen LogP contribution in [-0.4, -0.2) is 20.9 Å². The molecule has 0 aliphatic carbocycles. The van der Waals surface area contributed by atoms with Crippen LogP contribution in [0.15, 0.2) is 67.3 Å². The molecule has 0 saturated carbocycles. The Morgan fingerprint density at radius 3 is 2.34 bits per heavy atom. The Bertz CT molecular complexity index is 1180. The molecule has 5 nitrogen and oxygen atoms in total. The van der Waals surface area contributed by atoms with E-state index in [1.807, 2.05) is 50.2 Å².